The second kappa shape index (κ2) is 7.65. The van der Waals surface area contributed by atoms with Crippen molar-refractivity contribution in [2.45, 2.75) is 52.4 Å². The highest BCUT2D eigenvalue weighted by Crippen LogP contribution is 2.33. The highest BCUT2D eigenvalue weighted by atomic mass is 16.5. The first-order chi connectivity index (χ1) is 11.3. The van der Waals surface area contributed by atoms with Crippen molar-refractivity contribution in [1.29, 1.82) is 0 Å². The van der Waals surface area contributed by atoms with Crippen molar-refractivity contribution in [3.05, 3.63) is 65.7 Å². The van der Waals surface area contributed by atoms with Crippen LogP contribution in [0, 0.1) is 5.92 Å². The van der Waals surface area contributed by atoms with Gasteiger partial charge in [0.2, 0.25) is 0 Å². The molecule has 0 spiro atoms. The molecule has 0 heterocycles. The highest BCUT2D eigenvalue weighted by molar-refractivity contribution is 5.80. The number of carbonyl (C=O) groups excluding carboxylic acids is 1. The molecule has 0 aliphatic heterocycles. The summed E-state index contributed by atoms with van der Waals surface area (Å²) in [7, 11) is 0. The molecule has 0 saturated heterocycles. The number of benzene rings is 2. The van der Waals surface area contributed by atoms with Gasteiger partial charge >= 0.3 is 5.97 Å². The van der Waals surface area contributed by atoms with Gasteiger partial charge in [-0.15, -0.1) is 0 Å². The van der Waals surface area contributed by atoms with Crippen LogP contribution < -0.4 is 4.74 Å². The number of rotatable bonds is 5. The second-order valence-corrected chi connectivity index (χ2v) is 7.76. The third-order valence-corrected chi connectivity index (χ3v) is 4.10. The molecule has 24 heavy (non-hydrogen) atoms. The van der Waals surface area contributed by atoms with Gasteiger partial charge in [-0.2, -0.15) is 0 Å². The van der Waals surface area contributed by atoms with Crippen LogP contribution in [0.2, 0.25) is 0 Å². The zero-order chi connectivity index (χ0) is 17.7. The molecule has 0 N–H and O–H groups in total. The van der Waals surface area contributed by atoms with Gasteiger partial charge in [0.05, 0.1) is 5.92 Å². The summed E-state index contributed by atoms with van der Waals surface area (Å²) < 4.78 is 5.85. The fourth-order valence-corrected chi connectivity index (χ4v) is 2.88. The number of esters is 1. The van der Waals surface area contributed by atoms with Gasteiger partial charge in [0.15, 0.2) is 0 Å². The molecule has 2 nitrogen and oxygen atoms in total. The van der Waals surface area contributed by atoms with Crippen LogP contribution in [-0.2, 0) is 10.2 Å². The van der Waals surface area contributed by atoms with Gasteiger partial charge in [-0.25, -0.2) is 0 Å². The maximum atomic E-state index is 12.9. The fourth-order valence-electron chi connectivity index (χ4n) is 2.88. The first-order valence-corrected chi connectivity index (χ1v) is 8.65. The van der Waals surface area contributed by atoms with E-state index < -0.39 is 0 Å². The largest absolute Gasteiger partial charge is 0.426 e. The van der Waals surface area contributed by atoms with E-state index in [4.69, 9.17) is 4.74 Å². The Hall–Kier alpha value is -2.09. The Morgan fingerprint density at radius 2 is 1.54 bits per heavy atom. The van der Waals surface area contributed by atoms with Crippen molar-refractivity contribution >= 4 is 5.97 Å². The standard InChI is InChI=1S/C22H28O2/c1-16(2)15-18(17-11-7-6-8-12-17)21(23)24-20-14-10-9-13-19(20)22(3,4)5/h6-14,16,18H,15H2,1-5H3/t18-/m0/s1. The molecule has 2 aromatic rings. The Balaban J connectivity index is 2.29. The average molecular weight is 324 g/mol. The molecule has 0 aromatic heterocycles. The molecular weight excluding hydrogens is 296 g/mol. The van der Waals surface area contributed by atoms with Crippen LogP contribution in [0.1, 0.15) is 58.1 Å². The van der Waals surface area contributed by atoms with E-state index in [0.29, 0.717) is 11.7 Å². The number of carbonyl (C=O) groups is 1. The molecule has 0 radical (unpaired) electrons. The summed E-state index contributed by atoms with van der Waals surface area (Å²) in [5, 5.41) is 0. The lowest BCUT2D eigenvalue weighted by atomic mass is 9.86. The molecule has 0 aliphatic carbocycles. The molecule has 1 atom stereocenters. The van der Waals surface area contributed by atoms with E-state index in [1.54, 1.807) is 0 Å². The maximum absolute atomic E-state index is 12.9. The van der Waals surface area contributed by atoms with Crippen LogP contribution in [0.4, 0.5) is 0 Å². The minimum absolute atomic E-state index is 0.0723. The fraction of sp³-hybridized carbons (Fsp3) is 0.409. The predicted octanol–water partition coefficient (Wildman–Crippen LogP) is 5.72. The predicted molar refractivity (Wildman–Crippen MR) is 99.4 cm³/mol. The van der Waals surface area contributed by atoms with Gasteiger partial charge in [-0.05, 0) is 29.4 Å². The minimum Gasteiger partial charge on any atom is -0.426 e. The first-order valence-electron chi connectivity index (χ1n) is 8.65. The van der Waals surface area contributed by atoms with Gasteiger partial charge in [-0.3, -0.25) is 4.79 Å². The van der Waals surface area contributed by atoms with Crippen molar-refractivity contribution in [2.24, 2.45) is 5.92 Å². The number of hydrogen-bond donors (Lipinski definition) is 0. The molecular formula is C22H28O2. The van der Waals surface area contributed by atoms with Crippen LogP contribution in [0.25, 0.3) is 0 Å². The van der Waals surface area contributed by atoms with Gasteiger partial charge < -0.3 is 4.74 Å². The Morgan fingerprint density at radius 1 is 0.958 bits per heavy atom. The van der Waals surface area contributed by atoms with Crippen molar-refractivity contribution in [2.75, 3.05) is 0 Å². The van der Waals surface area contributed by atoms with Crippen LogP contribution in [0.15, 0.2) is 54.6 Å². The molecule has 0 amide bonds. The van der Waals surface area contributed by atoms with Crippen LogP contribution in [0.5, 0.6) is 5.75 Å². The summed E-state index contributed by atoms with van der Waals surface area (Å²) in [5.41, 5.74) is 2.00. The molecule has 2 aromatic carbocycles. The number of hydrogen-bond acceptors (Lipinski definition) is 2. The van der Waals surface area contributed by atoms with Gasteiger partial charge in [0.25, 0.3) is 0 Å². The molecule has 128 valence electrons. The van der Waals surface area contributed by atoms with Gasteiger partial charge in [0, 0.05) is 5.56 Å². The SMILES string of the molecule is CC(C)C[C@H](C(=O)Oc1ccccc1C(C)(C)C)c1ccccc1. The number of ether oxygens (including phenoxy) is 1. The van der Waals surface area contributed by atoms with E-state index in [-0.39, 0.29) is 17.3 Å². The minimum atomic E-state index is -0.237. The van der Waals surface area contributed by atoms with Crippen LogP contribution in [-0.4, -0.2) is 5.97 Å². The van der Waals surface area contributed by atoms with E-state index in [1.165, 1.54) is 0 Å². The third-order valence-electron chi connectivity index (χ3n) is 4.10. The molecule has 2 rings (SSSR count). The topological polar surface area (TPSA) is 26.3 Å². The van der Waals surface area contributed by atoms with E-state index in [1.807, 2.05) is 54.6 Å². The highest BCUT2D eigenvalue weighted by Gasteiger charge is 2.26. The van der Waals surface area contributed by atoms with Crippen molar-refractivity contribution < 1.29 is 9.53 Å². The quantitative estimate of drug-likeness (QED) is 0.519. The normalized spacial score (nSPS) is 12.9. The van der Waals surface area contributed by atoms with E-state index >= 15 is 0 Å². The van der Waals surface area contributed by atoms with E-state index in [9.17, 15) is 4.79 Å². The monoisotopic (exact) mass is 324 g/mol. The zero-order valence-corrected chi connectivity index (χ0v) is 15.4. The van der Waals surface area contributed by atoms with Crippen molar-refractivity contribution in [3.63, 3.8) is 0 Å². The van der Waals surface area contributed by atoms with E-state index in [2.05, 4.69) is 34.6 Å². The summed E-state index contributed by atoms with van der Waals surface area (Å²) >= 11 is 0. The Bertz CT molecular complexity index is 666. The molecule has 2 heteroatoms. The van der Waals surface area contributed by atoms with Crippen LogP contribution >= 0.6 is 0 Å². The lowest BCUT2D eigenvalue weighted by Crippen LogP contribution is -2.22. The van der Waals surface area contributed by atoms with Gasteiger partial charge in [-0.1, -0.05) is 83.1 Å². The van der Waals surface area contributed by atoms with Crippen LogP contribution in [0.3, 0.4) is 0 Å². The van der Waals surface area contributed by atoms with Gasteiger partial charge in [0.1, 0.15) is 5.75 Å². The Kier molecular flexibility index (Phi) is 5.82. The number of para-hydroxylation sites is 1. The lowest BCUT2D eigenvalue weighted by molar-refractivity contribution is -0.136. The Labute approximate surface area is 145 Å². The summed E-state index contributed by atoms with van der Waals surface area (Å²) in [4.78, 5) is 12.9. The molecule has 0 bridgehead atoms. The summed E-state index contributed by atoms with van der Waals surface area (Å²) in [5.74, 6) is 0.672. The molecule has 0 aliphatic rings. The van der Waals surface area contributed by atoms with Crippen molar-refractivity contribution in [3.8, 4) is 5.75 Å². The summed E-state index contributed by atoms with van der Waals surface area (Å²) in [6, 6.07) is 17.7. The van der Waals surface area contributed by atoms with E-state index in [0.717, 1.165) is 17.5 Å². The van der Waals surface area contributed by atoms with Crippen molar-refractivity contribution in [1.82, 2.24) is 0 Å². The summed E-state index contributed by atoms with van der Waals surface area (Å²) in [6.45, 7) is 10.6. The Morgan fingerprint density at radius 3 is 2.12 bits per heavy atom. The molecule has 0 unspecified atom stereocenters. The molecule has 0 saturated carbocycles. The summed E-state index contributed by atoms with van der Waals surface area (Å²) in [6.07, 6.45) is 0.778. The first kappa shape index (κ1) is 18.3. The average Bonchev–Trinajstić information content (AvgIpc) is 2.52. The lowest BCUT2D eigenvalue weighted by Gasteiger charge is -2.24. The third kappa shape index (κ3) is 4.70. The zero-order valence-electron chi connectivity index (χ0n) is 15.4. The maximum Gasteiger partial charge on any atom is 0.318 e. The smallest absolute Gasteiger partial charge is 0.318 e. The second-order valence-electron chi connectivity index (χ2n) is 7.76. The molecule has 0 fully saturated rings.